The summed E-state index contributed by atoms with van der Waals surface area (Å²) < 4.78 is 9.84. The van der Waals surface area contributed by atoms with Gasteiger partial charge in [0.15, 0.2) is 0 Å². The Bertz CT molecular complexity index is 685. The first kappa shape index (κ1) is 15.6. The van der Waals surface area contributed by atoms with Crippen LogP contribution in [0.2, 0.25) is 0 Å². The van der Waals surface area contributed by atoms with E-state index in [1.165, 1.54) is 20.5 Å². The van der Waals surface area contributed by atoms with Gasteiger partial charge in [0.1, 0.15) is 5.57 Å². The number of carbonyl (C=O) groups excluding carboxylic acids is 1. The first-order valence-corrected chi connectivity index (χ1v) is 6.90. The van der Waals surface area contributed by atoms with Crippen LogP contribution in [0.15, 0.2) is 60.9 Å². The average Bonchev–Trinajstić information content (AvgIpc) is 2.58. The molecule has 0 atom stereocenters. The molecule has 0 heterocycles. The molecule has 0 saturated carbocycles. The van der Waals surface area contributed by atoms with Crippen LogP contribution in [-0.2, 0) is 14.3 Å². The number of hydrogen-bond acceptors (Lipinski definition) is 3. The van der Waals surface area contributed by atoms with Gasteiger partial charge in [0.2, 0.25) is 0 Å². The summed E-state index contributed by atoms with van der Waals surface area (Å²) in [5, 5.41) is 0. The second-order valence-corrected chi connectivity index (χ2v) is 4.59. The molecule has 0 N–H and O–H groups in total. The maximum absolute atomic E-state index is 11.9. The zero-order chi connectivity index (χ0) is 15.8. The molecule has 22 heavy (non-hydrogen) atoms. The summed E-state index contributed by atoms with van der Waals surface area (Å²) in [6.45, 7) is 0. The van der Waals surface area contributed by atoms with Crippen LogP contribution in [0.4, 0.5) is 0 Å². The molecule has 0 bridgehead atoms. The topological polar surface area (TPSA) is 35.5 Å². The lowest BCUT2D eigenvalue weighted by Gasteiger charge is -2.09. The number of esters is 1. The van der Waals surface area contributed by atoms with Crippen molar-refractivity contribution in [1.29, 1.82) is 0 Å². The molecule has 0 unspecified atom stereocenters. The van der Waals surface area contributed by atoms with E-state index in [9.17, 15) is 4.79 Å². The first-order valence-electron chi connectivity index (χ1n) is 6.90. The Kier molecular flexibility index (Phi) is 5.55. The minimum Gasteiger partial charge on any atom is -0.503 e. The molecule has 3 nitrogen and oxygen atoms in total. The van der Waals surface area contributed by atoms with Crippen molar-refractivity contribution < 1.29 is 14.3 Å². The first-order chi connectivity index (χ1) is 10.8. The minimum absolute atomic E-state index is 0.387. The van der Waals surface area contributed by atoms with Gasteiger partial charge in [-0.15, -0.1) is 0 Å². The van der Waals surface area contributed by atoms with Crippen molar-refractivity contribution in [2.45, 2.75) is 0 Å². The number of carbonyl (C=O) groups is 1. The van der Waals surface area contributed by atoms with Crippen molar-refractivity contribution in [2.24, 2.45) is 0 Å². The molecule has 0 aliphatic rings. The van der Waals surface area contributed by atoms with Crippen LogP contribution >= 0.6 is 0 Å². The number of methoxy groups -OCH3 is 2. The van der Waals surface area contributed by atoms with Crippen LogP contribution in [0, 0.1) is 0 Å². The molecule has 112 valence electrons. The zero-order valence-corrected chi connectivity index (χ0v) is 12.7. The van der Waals surface area contributed by atoms with Crippen LogP contribution in [-0.4, -0.2) is 20.2 Å². The molecule has 2 aromatic rings. The Morgan fingerprint density at radius 2 is 1.59 bits per heavy atom. The van der Waals surface area contributed by atoms with E-state index in [4.69, 9.17) is 9.47 Å². The summed E-state index contributed by atoms with van der Waals surface area (Å²) in [7, 11) is 2.86. The lowest BCUT2D eigenvalue weighted by atomic mass is 9.99. The highest BCUT2D eigenvalue weighted by atomic mass is 16.5. The van der Waals surface area contributed by atoms with E-state index < -0.39 is 5.97 Å². The van der Waals surface area contributed by atoms with E-state index in [1.807, 2.05) is 66.7 Å². The highest BCUT2D eigenvalue weighted by Crippen LogP contribution is 2.22. The molecule has 0 aliphatic heterocycles. The van der Waals surface area contributed by atoms with Crippen LogP contribution in [0.3, 0.4) is 0 Å². The van der Waals surface area contributed by atoms with E-state index in [0.29, 0.717) is 5.57 Å². The van der Waals surface area contributed by atoms with E-state index in [2.05, 4.69) is 0 Å². The number of benzene rings is 2. The summed E-state index contributed by atoms with van der Waals surface area (Å²) in [4.78, 5) is 11.9. The fraction of sp³-hybridized carbons (Fsp3) is 0.105. The van der Waals surface area contributed by atoms with Crippen molar-refractivity contribution in [3.8, 4) is 0 Å². The van der Waals surface area contributed by atoms with Crippen LogP contribution in [0.1, 0.15) is 16.7 Å². The smallest absolute Gasteiger partial charge is 0.341 e. The van der Waals surface area contributed by atoms with Gasteiger partial charge in [-0.05, 0) is 16.7 Å². The van der Waals surface area contributed by atoms with Crippen molar-refractivity contribution in [3.05, 3.63) is 77.5 Å². The van der Waals surface area contributed by atoms with E-state index in [0.717, 1.165) is 16.7 Å². The van der Waals surface area contributed by atoms with Gasteiger partial charge in [-0.2, -0.15) is 0 Å². The Hall–Kier alpha value is -2.81. The third-order valence-corrected chi connectivity index (χ3v) is 3.15. The maximum atomic E-state index is 11.9. The van der Waals surface area contributed by atoms with Crippen molar-refractivity contribution in [1.82, 2.24) is 0 Å². The molecule has 0 aliphatic carbocycles. The maximum Gasteiger partial charge on any atom is 0.341 e. The summed E-state index contributed by atoms with van der Waals surface area (Å²) >= 11 is 0. The van der Waals surface area contributed by atoms with Crippen LogP contribution in [0.5, 0.6) is 0 Å². The third-order valence-electron chi connectivity index (χ3n) is 3.15. The highest BCUT2D eigenvalue weighted by molar-refractivity contribution is 6.17. The highest BCUT2D eigenvalue weighted by Gasteiger charge is 2.15. The fourth-order valence-corrected chi connectivity index (χ4v) is 2.09. The molecule has 2 rings (SSSR count). The number of hydrogen-bond donors (Lipinski definition) is 0. The zero-order valence-electron chi connectivity index (χ0n) is 12.7. The third kappa shape index (κ3) is 3.85. The molecule has 0 aromatic heterocycles. The fourth-order valence-electron chi connectivity index (χ4n) is 2.09. The predicted molar refractivity (Wildman–Crippen MR) is 88.8 cm³/mol. The van der Waals surface area contributed by atoms with Gasteiger partial charge in [0.05, 0.1) is 20.5 Å². The molecule has 0 saturated heterocycles. The predicted octanol–water partition coefficient (Wildman–Crippen LogP) is 4.02. The SMILES string of the molecule is CO/C=C(/C(=O)OC)c1ccccc1/C=C/c1ccccc1. The minimum atomic E-state index is -0.428. The second-order valence-electron chi connectivity index (χ2n) is 4.59. The molecule has 0 fully saturated rings. The van der Waals surface area contributed by atoms with E-state index in [1.54, 1.807) is 0 Å². The quantitative estimate of drug-likeness (QED) is 0.362. The Labute approximate surface area is 130 Å². The van der Waals surface area contributed by atoms with Gasteiger partial charge in [0, 0.05) is 0 Å². The molecule has 0 amide bonds. The summed E-state index contributed by atoms with van der Waals surface area (Å²) in [6, 6.07) is 17.6. The largest absolute Gasteiger partial charge is 0.503 e. The monoisotopic (exact) mass is 294 g/mol. The van der Waals surface area contributed by atoms with E-state index >= 15 is 0 Å². The lowest BCUT2D eigenvalue weighted by Crippen LogP contribution is -2.05. The van der Waals surface area contributed by atoms with Crippen molar-refractivity contribution >= 4 is 23.7 Å². The standard InChI is InChI=1S/C19H18O3/c1-21-14-18(19(20)22-2)17-11-7-6-10-16(17)13-12-15-8-4-3-5-9-15/h3-14H,1-2H3/b13-12+,18-14+. The van der Waals surface area contributed by atoms with Gasteiger partial charge in [-0.25, -0.2) is 4.79 Å². The lowest BCUT2D eigenvalue weighted by molar-refractivity contribution is -0.133. The summed E-state index contributed by atoms with van der Waals surface area (Å²) in [5.41, 5.74) is 3.16. The molecule has 3 heteroatoms. The van der Waals surface area contributed by atoms with Crippen molar-refractivity contribution in [2.75, 3.05) is 14.2 Å². The molecule has 2 aromatic carbocycles. The van der Waals surface area contributed by atoms with E-state index in [-0.39, 0.29) is 0 Å². The Morgan fingerprint density at radius 3 is 2.27 bits per heavy atom. The molecular formula is C19H18O3. The van der Waals surface area contributed by atoms with Gasteiger partial charge < -0.3 is 9.47 Å². The van der Waals surface area contributed by atoms with Crippen LogP contribution < -0.4 is 0 Å². The second kappa shape index (κ2) is 7.84. The van der Waals surface area contributed by atoms with Gasteiger partial charge in [-0.3, -0.25) is 0 Å². The van der Waals surface area contributed by atoms with Gasteiger partial charge in [-0.1, -0.05) is 66.7 Å². The Balaban J connectivity index is 2.40. The number of rotatable bonds is 5. The molecule has 0 spiro atoms. The summed E-state index contributed by atoms with van der Waals surface area (Å²) in [5.74, 6) is -0.428. The molecular weight excluding hydrogens is 276 g/mol. The number of ether oxygens (including phenoxy) is 2. The summed E-state index contributed by atoms with van der Waals surface area (Å²) in [6.07, 6.45) is 5.37. The normalized spacial score (nSPS) is 11.5. The van der Waals surface area contributed by atoms with Crippen LogP contribution in [0.25, 0.3) is 17.7 Å². The van der Waals surface area contributed by atoms with Gasteiger partial charge >= 0.3 is 5.97 Å². The van der Waals surface area contributed by atoms with Gasteiger partial charge in [0.25, 0.3) is 0 Å². The van der Waals surface area contributed by atoms with Crippen molar-refractivity contribution in [3.63, 3.8) is 0 Å². The molecule has 0 radical (unpaired) electrons. The Morgan fingerprint density at radius 1 is 0.909 bits per heavy atom. The average molecular weight is 294 g/mol.